The molecular formula is C13H12BrN3O3. The molecule has 0 saturated carbocycles. The zero-order valence-electron chi connectivity index (χ0n) is 10.7. The lowest BCUT2D eigenvalue weighted by molar-refractivity contribution is 0.174. The molecule has 2 heterocycles. The number of fused-ring (bicyclic) bond motifs is 1. The summed E-state index contributed by atoms with van der Waals surface area (Å²) >= 11 is 3.27. The second kappa shape index (κ2) is 5.16. The van der Waals surface area contributed by atoms with Crippen LogP contribution < -0.4 is 20.3 Å². The maximum Gasteiger partial charge on any atom is 0.282 e. The molecule has 0 fully saturated rings. The molecule has 20 heavy (non-hydrogen) atoms. The van der Waals surface area contributed by atoms with E-state index in [0.29, 0.717) is 16.7 Å². The van der Waals surface area contributed by atoms with Gasteiger partial charge in [0.15, 0.2) is 11.5 Å². The molecule has 1 aromatic heterocycles. The normalized spacial score (nSPS) is 12.5. The van der Waals surface area contributed by atoms with Gasteiger partial charge in [-0.15, -0.1) is 0 Å². The Labute approximate surface area is 123 Å². The molecule has 0 saturated heterocycles. The van der Waals surface area contributed by atoms with E-state index in [2.05, 4.69) is 26.3 Å². The molecule has 0 bridgehead atoms. The first-order valence-corrected chi connectivity index (χ1v) is 6.78. The number of halogens is 1. The van der Waals surface area contributed by atoms with Crippen LogP contribution in [0.15, 0.2) is 33.7 Å². The van der Waals surface area contributed by atoms with Gasteiger partial charge < -0.3 is 14.8 Å². The van der Waals surface area contributed by atoms with E-state index in [1.165, 1.54) is 4.68 Å². The molecule has 1 N–H and O–H groups in total. The molecule has 0 unspecified atom stereocenters. The van der Waals surface area contributed by atoms with Gasteiger partial charge in [0, 0.05) is 13.6 Å². The van der Waals surface area contributed by atoms with E-state index in [-0.39, 0.29) is 12.4 Å². The Morgan fingerprint density at radius 2 is 2.20 bits per heavy atom. The van der Waals surface area contributed by atoms with Gasteiger partial charge in [0.2, 0.25) is 6.79 Å². The largest absolute Gasteiger partial charge is 0.454 e. The number of aromatic nitrogens is 2. The van der Waals surface area contributed by atoms with Crippen LogP contribution in [0.2, 0.25) is 0 Å². The molecule has 1 aromatic carbocycles. The first-order valence-electron chi connectivity index (χ1n) is 5.99. The molecule has 1 aliphatic rings. The van der Waals surface area contributed by atoms with Gasteiger partial charge in [-0.25, -0.2) is 4.68 Å². The fraction of sp³-hybridized carbons (Fsp3) is 0.231. The highest BCUT2D eigenvalue weighted by Crippen LogP contribution is 2.32. The van der Waals surface area contributed by atoms with Crippen LogP contribution in [0.4, 0.5) is 5.69 Å². The summed E-state index contributed by atoms with van der Waals surface area (Å²) in [6, 6.07) is 5.73. The molecule has 6 nitrogen and oxygen atoms in total. The molecule has 3 rings (SSSR count). The van der Waals surface area contributed by atoms with E-state index in [1.807, 2.05) is 18.2 Å². The highest BCUT2D eigenvalue weighted by molar-refractivity contribution is 9.10. The standard InChI is InChI=1S/C13H12BrN3O3/c1-17-13(18)12(14)9(6-16-17)15-5-8-2-3-10-11(4-8)20-7-19-10/h2-4,6,15H,5,7H2,1H3. The van der Waals surface area contributed by atoms with Gasteiger partial charge in [-0.1, -0.05) is 6.07 Å². The lowest BCUT2D eigenvalue weighted by Gasteiger charge is -2.09. The Balaban J connectivity index is 1.77. The molecule has 0 radical (unpaired) electrons. The summed E-state index contributed by atoms with van der Waals surface area (Å²) in [5.74, 6) is 1.50. The third-order valence-electron chi connectivity index (χ3n) is 3.00. The van der Waals surface area contributed by atoms with E-state index in [0.717, 1.165) is 17.1 Å². The van der Waals surface area contributed by atoms with Crippen molar-refractivity contribution in [3.8, 4) is 11.5 Å². The summed E-state index contributed by atoms with van der Waals surface area (Å²) in [6.07, 6.45) is 1.61. The summed E-state index contributed by atoms with van der Waals surface area (Å²) in [4.78, 5) is 11.7. The lowest BCUT2D eigenvalue weighted by atomic mass is 10.2. The zero-order chi connectivity index (χ0) is 14.1. The van der Waals surface area contributed by atoms with Gasteiger partial charge >= 0.3 is 0 Å². The second-order valence-corrected chi connectivity index (χ2v) is 5.14. The predicted octanol–water partition coefficient (Wildman–Crippen LogP) is 1.88. The molecule has 104 valence electrons. The minimum Gasteiger partial charge on any atom is -0.454 e. The Bertz CT molecular complexity index is 714. The van der Waals surface area contributed by atoms with Crippen molar-refractivity contribution in [1.82, 2.24) is 9.78 Å². The smallest absolute Gasteiger partial charge is 0.282 e. The minimum absolute atomic E-state index is 0.180. The number of nitrogens with one attached hydrogen (secondary N) is 1. The first-order chi connectivity index (χ1) is 9.65. The fourth-order valence-corrected chi connectivity index (χ4v) is 2.38. The predicted molar refractivity (Wildman–Crippen MR) is 77.1 cm³/mol. The number of anilines is 1. The summed E-state index contributed by atoms with van der Waals surface area (Å²) in [5, 5.41) is 7.15. The molecule has 0 spiro atoms. The number of aryl methyl sites for hydroxylation is 1. The maximum atomic E-state index is 11.7. The van der Waals surface area contributed by atoms with Gasteiger partial charge in [-0.3, -0.25) is 4.79 Å². The van der Waals surface area contributed by atoms with Gasteiger partial charge in [-0.2, -0.15) is 5.10 Å². The highest BCUT2D eigenvalue weighted by atomic mass is 79.9. The van der Waals surface area contributed by atoms with Crippen molar-refractivity contribution in [3.05, 3.63) is 44.8 Å². The summed E-state index contributed by atoms with van der Waals surface area (Å²) in [7, 11) is 1.61. The zero-order valence-corrected chi connectivity index (χ0v) is 12.3. The number of hydrogen-bond donors (Lipinski definition) is 1. The van der Waals surface area contributed by atoms with E-state index in [1.54, 1.807) is 13.2 Å². The van der Waals surface area contributed by atoms with Crippen LogP contribution in [-0.4, -0.2) is 16.6 Å². The molecule has 2 aromatic rings. The van der Waals surface area contributed by atoms with Gasteiger partial charge in [-0.05, 0) is 33.6 Å². The van der Waals surface area contributed by atoms with Crippen molar-refractivity contribution >= 4 is 21.6 Å². The van der Waals surface area contributed by atoms with Crippen LogP contribution in [0.25, 0.3) is 0 Å². The number of rotatable bonds is 3. The number of benzene rings is 1. The number of hydrogen-bond acceptors (Lipinski definition) is 5. The van der Waals surface area contributed by atoms with Crippen molar-refractivity contribution in [1.29, 1.82) is 0 Å². The third kappa shape index (κ3) is 2.36. The lowest BCUT2D eigenvalue weighted by Crippen LogP contribution is -2.21. The van der Waals surface area contributed by atoms with Crippen molar-refractivity contribution in [3.63, 3.8) is 0 Å². The molecular weight excluding hydrogens is 326 g/mol. The fourth-order valence-electron chi connectivity index (χ4n) is 1.88. The van der Waals surface area contributed by atoms with E-state index in [4.69, 9.17) is 9.47 Å². The summed E-state index contributed by atoms with van der Waals surface area (Å²) in [6.45, 7) is 0.820. The Morgan fingerprint density at radius 1 is 1.40 bits per heavy atom. The van der Waals surface area contributed by atoms with Crippen LogP contribution >= 0.6 is 15.9 Å². The maximum absolute atomic E-state index is 11.7. The van der Waals surface area contributed by atoms with Crippen molar-refractivity contribution < 1.29 is 9.47 Å². The van der Waals surface area contributed by atoms with Crippen molar-refractivity contribution in [2.45, 2.75) is 6.54 Å². The minimum atomic E-state index is -0.180. The van der Waals surface area contributed by atoms with Crippen molar-refractivity contribution in [2.75, 3.05) is 12.1 Å². The molecule has 0 atom stereocenters. The van der Waals surface area contributed by atoms with Crippen LogP contribution in [0.1, 0.15) is 5.56 Å². The Kier molecular flexibility index (Phi) is 3.35. The van der Waals surface area contributed by atoms with Crippen LogP contribution in [-0.2, 0) is 13.6 Å². The van der Waals surface area contributed by atoms with Gasteiger partial charge in [0.25, 0.3) is 5.56 Å². The average Bonchev–Trinajstić information content (AvgIpc) is 2.91. The third-order valence-corrected chi connectivity index (χ3v) is 3.76. The molecule has 0 amide bonds. The first kappa shape index (κ1) is 13.0. The number of ether oxygens (including phenoxy) is 2. The van der Waals surface area contributed by atoms with Crippen molar-refractivity contribution in [2.24, 2.45) is 7.05 Å². The Hall–Kier alpha value is -2.02. The van der Waals surface area contributed by atoms with Crippen LogP contribution in [0.3, 0.4) is 0 Å². The van der Waals surface area contributed by atoms with Crippen LogP contribution in [0, 0.1) is 0 Å². The number of nitrogens with zero attached hydrogens (tertiary/aromatic N) is 2. The van der Waals surface area contributed by atoms with Crippen LogP contribution in [0.5, 0.6) is 11.5 Å². The average molecular weight is 338 g/mol. The molecule has 0 aliphatic carbocycles. The molecule has 7 heteroatoms. The molecule has 1 aliphatic heterocycles. The summed E-state index contributed by atoms with van der Waals surface area (Å²) in [5.41, 5.74) is 1.51. The Morgan fingerprint density at radius 3 is 3.05 bits per heavy atom. The highest BCUT2D eigenvalue weighted by Gasteiger charge is 2.13. The van der Waals surface area contributed by atoms with E-state index >= 15 is 0 Å². The monoisotopic (exact) mass is 337 g/mol. The van der Waals surface area contributed by atoms with Gasteiger partial charge in [0.1, 0.15) is 4.47 Å². The van der Waals surface area contributed by atoms with E-state index < -0.39 is 0 Å². The topological polar surface area (TPSA) is 65.4 Å². The summed E-state index contributed by atoms with van der Waals surface area (Å²) < 4.78 is 12.3. The van der Waals surface area contributed by atoms with Gasteiger partial charge in [0.05, 0.1) is 11.9 Å². The van der Waals surface area contributed by atoms with E-state index in [9.17, 15) is 4.79 Å². The quantitative estimate of drug-likeness (QED) is 0.926. The second-order valence-electron chi connectivity index (χ2n) is 4.34. The SMILES string of the molecule is Cn1ncc(NCc2ccc3c(c2)OCO3)c(Br)c1=O.